The van der Waals surface area contributed by atoms with Crippen molar-refractivity contribution in [1.82, 2.24) is 10.3 Å². The zero-order valence-corrected chi connectivity index (χ0v) is 11.9. The molecule has 2 aromatic rings. The fourth-order valence-electron chi connectivity index (χ4n) is 2.14. The number of hydrogen-bond donors (Lipinski definition) is 3. The van der Waals surface area contributed by atoms with Crippen LogP contribution in [0.5, 0.6) is 5.75 Å². The Morgan fingerprint density at radius 3 is 2.36 bits per heavy atom. The monoisotopic (exact) mass is 300 g/mol. The van der Waals surface area contributed by atoms with Crippen LogP contribution in [0.15, 0.2) is 48.7 Å². The average Bonchev–Trinajstić information content (AvgIpc) is 2.50. The van der Waals surface area contributed by atoms with E-state index in [1.54, 1.807) is 37.3 Å². The molecule has 2 atom stereocenters. The SMILES string of the molecule is CC(NC(=O)c1ccccc1)C(C(=O)O)c1ccc(O)cn1. The van der Waals surface area contributed by atoms with E-state index in [4.69, 9.17) is 0 Å². The maximum absolute atomic E-state index is 12.1. The third-order valence-electron chi connectivity index (χ3n) is 3.25. The first-order chi connectivity index (χ1) is 10.5. The highest BCUT2D eigenvalue weighted by Crippen LogP contribution is 2.20. The number of aromatic nitrogens is 1. The summed E-state index contributed by atoms with van der Waals surface area (Å²) in [6, 6.07) is 10.7. The molecule has 6 nitrogen and oxygen atoms in total. The molecule has 22 heavy (non-hydrogen) atoms. The van der Waals surface area contributed by atoms with E-state index in [2.05, 4.69) is 10.3 Å². The molecular weight excluding hydrogens is 284 g/mol. The summed E-state index contributed by atoms with van der Waals surface area (Å²) in [5, 5.41) is 21.3. The zero-order chi connectivity index (χ0) is 16.1. The lowest BCUT2D eigenvalue weighted by atomic mass is 9.96. The molecule has 0 aliphatic rings. The van der Waals surface area contributed by atoms with Crippen LogP contribution in [-0.4, -0.2) is 33.1 Å². The number of nitrogens with zero attached hydrogens (tertiary/aromatic N) is 1. The number of pyridine rings is 1. The van der Waals surface area contributed by atoms with E-state index in [0.29, 0.717) is 5.56 Å². The Hall–Kier alpha value is -2.89. The van der Waals surface area contributed by atoms with Gasteiger partial charge in [-0.25, -0.2) is 0 Å². The lowest BCUT2D eigenvalue weighted by molar-refractivity contribution is -0.139. The number of carbonyl (C=O) groups excluding carboxylic acids is 1. The Bertz CT molecular complexity index is 656. The second-order valence-electron chi connectivity index (χ2n) is 4.89. The van der Waals surface area contributed by atoms with Crippen LogP contribution >= 0.6 is 0 Å². The Balaban J connectivity index is 2.17. The second-order valence-corrected chi connectivity index (χ2v) is 4.89. The number of rotatable bonds is 5. The molecule has 2 unspecified atom stereocenters. The van der Waals surface area contributed by atoms with Crippen molar-refractivity contribution in [2.75, 3.05) is 0 Å². The number of aliphatic carboxylic acids is 1. The molecule has 114 valence electrons. The van der Waals surface area contributed by atoms with Crippen molar-refractivity contribution in [2.45, 2.75) is 18.9 Å². The molecule has 2 rings (SSSR count). The molecule has 6 heteroatoms. The number of carboxylic acid groups (broad SMARTS) is 1. The fraction of sp³-hybridized carbons (Fsp3) is 0.188. The highest BCUT2D eigenvalue weighted by Gasteiger charge is 2.29. The minimum atomic E-state index is -1.10. The van der Waals surface area contributed by atoms with Crippen molar-refractivity contribution in [3.05, 3.63) is 59.9 Å². The largest absolute Gasteiger partial charge is 0.506 e. The van der Waals surface area contributed by atoms with Gasteiger partial charge in [-0.2, -0.15) is 0 Å². The molecule has 1 aromatic heterocycles. The summed E-state index contributed by atoms with van der Waals surface area (Å²) < 4.78 is 0. The Kier molecular flexibility index (Phi) is 4.73. The van der Waals surface area contributed by atoms with Crippen molar-refractivity contribution >= 4 is 11.9 Å². The van der Waals surface area contributed by atoms with Crippen molar-refractivity contribution in [1.29, 1.82) is 0 Å². The van der Waals surface area contributed by atoms with E-state index < -0.39 is 17.9 Å². The molecule has 0 aliphatic carbocycles. The molecule has 0 saturated heterocycles. The number of benzene rings is 1. The number of amides is 1. The molecule has 0 aliphatic heterocycles. The highest BCUT2D eigenvalue weighted by molar-refractivity contribution is 5.94. The maximum atomic E-state index is 12.1. The van der Waals surface area contributed by atoms with Gasteiger partial charge in [0.2, 0.25) is 0 Å². The van der Waals surface area contributed by atoms with Gasteiger partial charge < -0.3 is 15.5 Å². The van der Waals surface area contributed by atoms with Crippen LogP contribution in [0, 0.1) is 0 Å². The molecule has 1 aromatic carbocycles. The fourth-order valence-corrected chi connectivity index (χ4v) is 2.14. The van der Waals surface area contributed by atoms with Gasteiger partial charge >= 0.3 is 5.97 Å². The Morgan fingerprint density at radius 2 is 1.82 bits per heavy atom. The third-order valence-corrected chi connectivity index (χ3v) is 3.25. The van der Waals surface area contributed by atoms with Gasteiger partial charge in [0.25, 0.3) is 5.91 Å². The molecule has 1 heterocycles. The predicted molar refractivity (Wildman–Crippen MR) is 79.6 cm³/mol. The van der Waals surface area contributed by atoms with Gasteiger partial charge in [0.15, 0.2) is 0 Å². The number of aromatic hydroxyl groups is 1. The van der Waals surface area contributed by atoms with E-state index in [9.17, 15) is 19.8 Å². The van der Waals surface area contributed by atoms with E-state index in [1.165, 1.54) is 18.3 Å². The topological polar surface area (TPSA) is 99.5 Å². The first kappa shape index (κ1) is 15.5. The molecular formula is C16H16N2O4. The summed E-state index contributed by atoms with van der Waals surface area (Å²) in [7, 11) is 0. The second kappa shape index (κ2) is 6.71. The Morgan fingerprint density at radius 1 is 1.14 bits per heavy atom. The van der Waals surface area contributed by atoms with Gasteiger partial charge in [0.1, 0.15) is 11.7 Å². The van der Waals surface area contributed by atoms with Crippen LogP contribution < -0.4 is 5.32 Å². The van der Waals surface area contributed by atoms with E-state index >= 15 is 0 Å². The predicted octanol–water partition coefficient (Wildman–Crippen LogP) is 1.77. The number of carboxylic acids is 1. The van der Waals surface area contributed by atoms with E-state index in [1.807, 2.05) is 0 Å². The van der Waals surface area contributed by atoms with Crippen LogP contribution in [0.2, 0.25) is 0 Å². The molecule has 0 fully saturated rings. The molecule has 0 spiro atoms. The van der Waals surface area contributed by atoms with Crippen LogP contribution in [0.3, 0.4) is 0 Å². The lowest BCUT2D eigenvalue weighted by Crippen LogP contribution is -2.40. The number of hydrogen-bond acceptors (Lipinski definition) is 4. The summed E-state index contributed by atoms with van der Waals surface area (Å²) in [5.41, 5.74) is 0.725. The first-order valence-corrected chi connectivity index (χ1v) is 6.72. The van der Waals surface area contributed by atoms with Gasteiger partial charge in [-0.05, 0) is 31.2 Å². The molecule has 0 bridgehead atoms. The van der Waals surface area contributed by atoms with Gasteiger partial charge in [-0.1, -0.05) is 18.2 Å². The van der Waals surface area contributed by atoms with Gasteiger partial charge in [-0.3, -0.25) is 14.6 Å². The van der Waals surface area contributed by atoms with Crippen LogP contribution in [0.25, 0.3) is 0 Å². The van der Waals surface area contributed by atoms with Crippen LogP contribution in [-0.2, 0) is 4.79 Å². The van der Waals surface area contributed by atoms with Crippen LogP contribution in [0.1, 0.15) is 28.9 Å². The maximum Gasteiger partial charge on any atom is 0.314 e. The zero-order valence-electron chi connectivity index (χ0n) is 11.9. The standard InChI is InChI=1S/C16H16N2O4/c1-10(18-15(20)11-5-3-2-4-6-11)14(16(21)22)13-8-7-12(19)9-17-13/h2-10,14,19H,1H3,(H,18,20)(H,21,22). The summed E-state index contributed by atoms with van der Waals surface area (Å²) >= 11 is 0. The van der Waals surface area contributed by atoms with Gasteiger partial charge in [0, 0.05) is 11.6 Å². The normalized spacial score (nSPS) is 13.1. The summed E-state index contributed by atoms with van der Waals surface area (Å²) in [5.74, 6) is -2.50. The molecule has 0 saturated carbocycles. The van der Waals surface area contributed by atoms with Crippen molar-refractivity contribution in [3.63, 3.8) is 0 Å². The number of carbonyl (C=O) groups is 2. The van der Waals surface area contributed by atoms with Gasteiger partial charge in [-0.15, -0.1) is 0 Å². The van der Waals surface area contributed by atoms with Crippen molar-refractivity contribution in [2.24, 2.45) is 0 Å². The average molecular weight is 300 g/mol. The third kappa shape index (κ3) is 3.60. The minimum absolute atomic E-state index is 0.0473. The quantitative estimate of drug-likeness (QED) is 0.781. The molecule has 3 N–H and O–H groups in total. The van der Waals surface area contributed by atoms with Crippen LogP contribution in [0.4, 0.5) is 0 Å². The number of nitrogens with one attached hydrogen (secondary N) is 1. The lowest BCUT2D eigenvalue weighted by Gasteiger charge is -2.21. The first-order valence-electron chi connectivity index (χ1n) is 6.72. The smallest absolute Gasteiger partial charge is 0.314 e. The van der Waals surface area contributed by atoms with E-state index in [-0.39, 0.29) is 17.4 Å². The van der Waals surface area contributed by atoms with Crippen molar-refractivity contribution < 1.29 is 19.8 Å². The highest BCUT2D eigenvalue weighted by atomic mass is 16.4. The van der Waals surface area contributed by atoms with E-state index in [0.717, 1.165) is 0 Å². The summed E-state index contributed by atoms with van der Waals surface area (Å²) in [4.78, 5) is 27.5. The summed E-state index contributed by atoms with van der Waals surface area (Å²) in [6.07, 6.45) is 1.18. The Labute approximate surface area is 127 Å². The molecule has 1 amide bonds. The van der Waals surface area contributed by atoms with Crippen molar-refractivity contribution in [3.8, 4) is 5.75 Å². The van der Waals surface area contributed by atoms with Gasteiger partial charge in [0.05, 0.1) is 11.9 Å². The summed E-state index contributed by atoms with van der Waals surface area (Å²) in [6.45, 7) is 1.61. The molecule has 0 radical (unpaired) electrons. The minimum Gasteiger partial charge on any atom is -0.506 e.